The van der Waals surface area contributed by atoms with Gasteiger partial charge in [0.15, 0.2) is 0 Å². The molecule has 6 N–H and O–H groups in total. The average molecular weight is 1300 g/mol. The monoisotopic (exact) mass is 1300 g/mol. The zero-order valence-corrected chi connectivity index (χ0v) is 46.2. The van der Waals surface area contributed by atoms with Crippen LogP contribution in [0.3, 0.4) is 0 Å². The summed E-state index contributed by atoms with van der Waals surface area (Å²) in [7, 11) is 0. The number of aliphatic carboxylic acids is 6. The highest BCUT2D eigenvalue weighted by Crippen LogP contribution is 2.60. The number of carbonyl (C=O) groups excluding carboxylic acids is 6. The van der Waals surface area contributed by atoms with Gasteiger partial charge in [0.2, 0.25) is 0 Å². The fourth-order valence-corrected chi connectivity index (χ4v) is 17.0. The Morgan fingerprint density at radius 2 is 0.319 bits per heavy atom. The van der Waals surface area contributed by atoms with Gasteiger partial charge in [-0.3, -0.25) is 97.2 Å². The molecule has 12 amide bonds. The molecular weight excluding hydrogens is 1270 g/mol. The fraction of sp³-hybridized carbons (Fsp3) is 0.333. The number of benzene rings is 2. The molecule has 0 bridgehead atoms. The summed E-state index contributed by atoms with van der Waals surface area (Å²) in [6.45, 7) is -16.4. The van der Waals surface area contributed by atoms with Crippen molar-refractivity contribution in [1.82, 2.24) is 96.3 Å². The Kier molecular flexibility index (Phi) is 8.61. The van der Waals surface area contributed by atoms with Crippen LogP contribution < -0.4 is 44.5 Å². The van der Waals surface area contributed by atoms with E-state index in [2.05, 4.69) is 0 Å². The van der Waals surface area contributed by atoms with Gasteiger partial charge < -0.3 is 30.6 Å². The van der Waals surface area contributed by atoms with Crippen LogP contribution in [0.1, 0.15) is 0 Å². The first-order chi connectivity index (χ1) is 44.4. The Hall–Kier alpha value is -13.4. The molecule has 2 aromatic carbocycles. The van der Waals surface area contributed by atoms with Gasteiger partial charge in [-0.2, -0.15) is 0 Å². The van der Waals surface area contributed by atoms with Gasteiger partial charge in [0.1, 0.15) is 66.7 Å². The molecule has 0 saturated carbocycles. The molecule has 478 valence electrons. The molecular formula is C48H30N20O26. The number of amides is 12. The summed E-state index contributed by atoms with van der Waals surface area (Å²) in [5.74, 6) is -14.7. The number of carbonyl (C=O) groups is 12. The van der Waals surface area contributed by atoms with Crippen molar-refractivity contribution in [3.05, 3.63) is 107 Å². The van der Waals surface area contributed by atoms with Gasteiger partial charge in [0, 0.05) is 0 Å². The topological polar surface area (TPSA) is 541 Å². The molecule has 94 heavy (non-hydrogen) atoms. The lowest BCUT2D eigenvalue weighted by molar-refractivity contribution is -0.203. The number of hydrogen-bond acceptors (Lipinski definition) is 20. The third-order valence-electron chi connectivity index (χ3n) is 20.7. The average Bonchev–Trinajstić information content (AvgIpc) is 1.47. The first-order valence-electron chi connectivity index (χ1n) is 27.3. The normalized spacial score (nSPS) is 28.3. The summed E-state index contributed by atoms with van der Waals surface area (Å²) in [6, 6.07) is -8.80. The largest absolute Gasteiger partial charge is 0.478 e. The predicted octanol–water partition coefficient (Wildman–Crippen LogP) is -8.94. The van der Waals surface area contributed by atoms with Gasteiger partial charge in [0.05, 0.1) is 43.1 Å². The highest BCUT2D eigenvalue weighted by atomic mass is 16.4. The number of nitrogens with zero attached hydrogens (tertiary/aromatic N) is 20. The molecule has 11 aliphatic heterocycles. The Bertz CT molecular complexity index is 5090. The van der Waals surface area contributed by atoms with Crippen LogP contribution in [0.2, 0.25) is 0 Å². The third-order valence-corrected chi connectivity index (χ3v) is 20.7. The van der Waals surface area contributed by atoms with Gasteiger partial charge in [0.25, 0.3) is 78.5 Å². The van der Waals surface area contributed by atoms with E-state index in [1.165, 1.54) is 0 Å². The highest BCUT2D eigenvalue weighted by Gasteiger charge is 2.93. The molecule has 46 heteroatoms. The minimum atomic E-state index is -3.95. The first-order valence-corrected chi connectivity index (χ1v) is 27.3. The molecule has 7 saturated heterocycles. The van der Waals surface area contributed by atoms with E-state index in [0.717, 1.165) is 0 Å². The van der Waals surface area contributed by atoms with Crippen LogP contribution in [0.5, 0.6) is 0 Å². The number of hydrogen-bond donors (Lipinski definition) is 6. The van der Waals surface area contributed by atoms with Crippen molar-refractivity contribution >= 4 is 115 Å². The summed E-state index contributed by atoms with van der Waals surface area (Å²) in [5, 5.41) is 62.9. The molecule has 0 unspecified atom stereocenters. The third kappa shape index (κ3) is 4.58. The Morgan fingerprint density at radius 1 is 0.213 bits per heavy atom. The molecule has 17 rings (SSSR count). The van der Waals surface area contributed by atoms with E-state index in [1.807, 2.05) is 0 Å². The van der Waals surface area contributed by atoms with Crippen LogP contribution in [0.15, 0.2) is 62.6 Å². The molecule has 15 heterocycles. The Balaban J connectivity index is 0.987. The van der Waals surface area contributed by atoms with E-state index in [9.17, 15) is 59.4 Å². The molecule has 4 aromatic heterocycles. The molecule has 0 aliphatic carbocycles. The lowest BCUT2D eigenvalue weighted by atomic mass is 9.89. The molecule has 0 spiro atoms. The number of urea groups is 6. The van der Waals surface area contributed by atoms with Crippen molar-refractivity contribution in [2.45, 2.75) is 87.3 Å². The maximum absolute atomic E-state index is 15.6. The van der Waals surface area contributed by atoms with Crippen LogP contribution in [0.25, 0.3) is 43.1 Å². The summed E-state index contributed by atoms with van der Waals surface area (Å²) in [5.41, 5.74) is -34.9. The number of rotatable bonds is 6. The lowest BCUT2D eigenvalue weighted by Crippen LogP contribution is -2.81. The second kappa shape index (κ2) is 15.1. The number of aromatic nitrogens is 8. The minimum absolute atomic E-state index is 0.0268. The summed E-state index contributed by atoms with van der Waals surface area (Å²) >= 11 is 0. The van der Waals surface area contributed by atoms with E-state index >= 15 is 67.1 Å². The van der Waals surface area contributed by atoms with Crippen molar-refractivity contribution < 1.29 is 88.2 Å². The van der Waals surface area contributed by atoms with Gasteiger partial charge in [-0.1, -0.05) is 0 Å². The van der Waals surface area contributed by atoms with Gasteiger partial charge >= 0.3 is 72.0 Å². The molecule has 6 aromatic rings. The van der Waals surface area contributed by atoms with Crippen molar-refractivity contribution in [3.8, 4) is 0 Å². The minimum Gasteiger partial charge on any atom is -0.478 e. The number of fused-ring (bicyclic) bond motifs is 8. The Labute approximate surface area is 506 Å². The SMILES string of the molecule is O=C1N2CN3C(=O)N4Cn5c(=O)c6cc7c(=O)n8n9c(=O)c7cc6c(=O)n5CN5C(=O)N(CN6C(=O)N7Cn%10c(=O)c%11cc%12c(=O)n%13n(c(=O)c%12cc%11c(=O)n%10CN1C7(C(=O)O)C26C(=O)O)CN1C(=O)N(C8)C2(C(=O)O)N(C9)C(=O)N(C%13)C12C(=O)O)C3(C(=O)O)C45C(=O)O. The van der Waals surface area contributed by atoms with E-state index in [1.54, 1.807) is 0 Å². The van der Waals surface area contributed by atoms with E-state index < -0.39 is 260 Å². The molecule has 11 aliphatic rings. The Morgan fingerprint density at radius 3 is 0.426 bits per heavy atom. The van der Waals surface area contributed by atoms with Crippen LogP contribution in [0.4, 0.5) is 28.8 Å². The van der Waals surface area contributed by atoms with Crippen LogP contribution in [-0.2, 0) is 82.1 Å². The zero-order valence-electron chi connectivity index (χ0n) is 46.2. The standard InChI is InChI=1S/C48H30N20O26/c69-23-15-1-19-20-2-16(15)24(70)62-8-54-38(90)50-6-52-40(92)56-10-64-26(72)18-4-22-21(29(75)67-13-59-41(93)57-11-65(27(19)73)66(28(20)74)12-58-42(94)60(14-68(67)30(22)76)48(59,36(87)88)47(57,58)35(85)86)3-17(18)25(71)63(64)9-55-39(91)51(44(52,32(79)80)46(55,56)34(83)84)5-49-37(89)53(7-61(23)62)45(54,33(81)82)43(49,50)31(77)78/h1-4H,5-14H2,(H,77,78)(H,79,80)(H,81,82)(H,83,84)(H,85,86)(H,87,88). The fourth-order valence-electron chi connectivity index (χ4n) is 17.0. The lowest BCUT2D eigenvalue weighted by Gasteiger charge is -2.50. The second-order valence-electron chi connectivity index (χ2n) is 23.6. The van der Waals surface area contributed by atoms with Gasteiger partial charge in [-0.25, -0.2) is 95.0 Å². The second-order valence-corrected chi connectivity index (χ2v) is 23.6. The van der Waals surface area contributed by atoms with E-state index in [4.69, 9.17) is 0 Å². The summed E-state index contributed by atoms with van der Waals surface area (Å²) in [4.78, 5) is 302. The number of carboxylic acids is 6. The van der Waals surface area contributed by atoms with Gasteiger partial charge in [-0.05, 0) is 24.3 Å². The van der Waals surface area contributed by atoms with Crippen LogP contribution in [0, 0.1) is 0 Å². The predicted molar refractivity (Wildman–Crippen MR) is 283 cm³/mol. The maximum Gasteiger partial charge on any atom is 0.356 e. The van der Waals surface area contributed by atoms with E-state index in [0.29, 0.717) is 43.0 Å². The molecule has 46 nitrogen and oxygen atoms in total. The van der Waals surface area contributed by atoms with Crippen molar-refractivity contribution in [3.63, 3.8) is 0 Å². The van der Waals surface area contributed by atoms with Crippen molar-refractivity contribution in [2.24, 2.45) is 0 Å². The number of carboxylic acid groups (broad SMARTS) is 6. The highest BCUT2D eigenvalue weighted by molar-refractivity contribution is 6.13. The quantitative estimate of drug-likeness (QED) is 0.0843. The van der Waals surface area contributed by atoms with E-state index in [-0.39, 0.29) is 77.5 Å². The molecule has 7 fully saturated rings. The van der Waals surface area contributed by atoms with Crippen molar-refractivity contribution in [2.75, 3.05) is 13.3 Å². The first kappa shape index (κ1) is 53.6. The van der Waals surface area contributed by atoms with Crippen LogP contribution in [-0.4, -0.2) is 246 Å². The summed E-state index contributed by atoms with van der Waals surface area (Å²) < 4.78 is 2.53. The summed E-state index contributed by atoms with van der Waals surface area (Å²) in [6.07, 6.45) is 0. The van der Waals surface area contributed by atoms with Gasteiger partial charge in [-0.15, -0.1) is 0 Å². The smallest absolute Gasteiger partial charge is 0.356 e. The molecule has 0 radical (unpaired) electrons. The maximum atomic E-state index is 15.6. The van der Waals surface area contributed by atoms with Crippen molar-refractivity contribution in [1.29, 1.82) is 0 Å². The van der Waals surface area contributed by atoms with Crippen LogP contribution >= 0.6 is 0 Å². The molecule has 0 atom stereocenters. The zero-order chi connectivity index (χ0) is 66.6.